The molecule has 5 aliphatic carbocycles. The molecule has 0 aromatic heterocycles. The fraction of sp³-hybridized carbons (Fsp3) is 0.205. The van der Waals surface area contributed by atoms with Crippen molar-refractivity contribution in [3.05, 3.63) is 166 Å². The van der Waals surface area contributed by atoms with E-state index in [9.17, 15) is 5.11 Å². The van der Waals surface area contributed by atoms with Crippen LogP contribution in [0.4, 0.5) is 0 Å². The lowest BCUT2D eigenvalue weighted by Crippen LogP contribution is -2.46. The molecule has 5 aliphatic rings. The summed E-state index contributed by atoms with van der Waals surface area (Å²) in [6.45, 7) is 0. The van der Waals surface area contributed by atoms with Crippen LogP contribution in [0.3, 0.4) is 0 Å². The summed E-state index contributed by atoms with van der Waals surface area (Å²) in [6, 6.07) is 26.2. The van der Waals surface area contributed by atoms with Gasteiger partial charge in [-0.2, -0.15) is 0 Å². The van der Waals surface area contributed by atoms with Crippen LogP contribution in [0, 0.1) is 11.3 Å². The highest BCUT2D eigenvalue weighted by Crippen LogP contribution is 2.60. The minimum Gasteiger partial charge on any atom is -0.363 e. The van der Waals surface area contributed by atoms with Crippen molar-refractivity contribution in [2.45, 2.75) is 44.1 Å². The van der Waals surface area contributed by atoms with E-state index in [1.165, 1.54) is 50.1 Å². The maximum absolute atomic E-state index is 12.5. The van der Waals surface area contributed by atoms with Gasteiger partial charge in [-0.25, -0.2) is 0 Å². The molecule has 1 heteroatoms. The van der Waals surface area contributed by atoms with Gasteiger partial charge in [0.2, 0.25) is 0 Å². The van der Waals surface area contributed by atoms with Gasteiger partial charge in [0.05, 0.1) is 17.4 Å². The zero-order valence-corrected chi connectivity index (χ0v) is 22.7. The number of benzene rings is 3. The smallest absolute Gasteiger partial charge is 0.187 e. The summed E-state index contributed by atoms with van der Waals surface area (Å²) < 4.78 is 0. The number of rotatable bonds is 1. The molecule has 0 aliphatic heterocycles. The summed E-state index contributed by atoms with van der Waals surface area (Å²) >= 11 is 0. The molecule has 194 valence electrons. The van der Waals surface area contributed by atoms with Gasteiger partial charge in [-0.1, -0.05) is 109 Å². The Labute approximate surface area is 237 Å². The molecule has 1 spiro atoms. The SMILES string of the molecule is OC1([C+]2C=CC(=C3C=CC(=C4c5ccccc5-c5ccccc54)CC3)CC2)c2ccccc2CC12C=CC=CC2. The third-order valence-corrected chi connectivity index (χ3v) is 9.96. The first-order chi connectivity index (χ1) is 19.7. The Bertz CT molecular complexity index is 1680. The van der Waals surface area contributed by atoms with Crippen molar-refractivity contribution >= 4 is 5.57 Å². The lowest BCUT2D eigenvalue weighted by atomic mass is 9.61. The average Bonchev–Trinajstić information content (AvgIpc) is 3.48. The quantitative estimate of drug-likeness (QED) is 0.250. The Morgan fingerprint density at radius 2 is 1.30 bits per heavy atom. The summed E-state index contributed by atoms with van der Waals surface area (Å²) in [4.78, 5) is 0. The van der Waals surface area contributed by atoms with Crippen LogP contribution in [0.25, 0.3) is 16.7 Å². The highest BCUT2D eigenvalue weighted by atomic mass is 16.3. The molecule has 40 heavy (non-hydrogen) atoms. The minimum absolute atomic E-state index is 0.296. The summed E-state index contributed by atoms with van der Waals surface area (Å²) in [5, 5.41) is 12.5. The van der Waals surface area contributed by atoms with Crippen molar-refractivity contribution in [2.24, 2.45) is 5.41 Å². The molecule has 0 saturated heterocycles. The average molecular weight is 518 g/mol. The third-order valence-electron chi connectivity index (χ3n) is 9.96. The van der Waals surface area contributed by atoms with Crippen molar-refractivity contribution in [3.63, 3.8) is 0 Å². The number of hydrogen-bond donors (Lipinski definition) is 1. The van der Waals surface area contributed by atoms with Crippen molar-refractivity contribution in [1.29, 1.82) is 0 Å². The van der Waals surface area contributed by atoms with Gasteiger partial charge in [0.15, 0.2) is 5.60 Å². The van der Waals surface area contributed by atoms with Gasteiger partial charge < -0.3 is 5.11 Å². The molecule has 3 aromatic carbocycles. The van der Waals surface area contributed by atoms with Gasteiger partial charge in [-0.05, 0) is 70.2 Å². The maximum atomic E-state index is 12.5. The van der Waals surface area contributed by atoms with Gasteiger partial charge in [0.1, 0.15) is 6.08 Å². The van der Waals surface area contributed by atoms with Crippen LogP contribution in [-0.4, -0.2) is 5.11 Å². The van der Waals surface area contributed by atoms with Gasteiger partial charge >= 0.3 is 0 Å². The zero-order valence-electron chi connectivity index (χ0n) is 22.7. The lowest BCUT2D eigenvalue weighted by molar-refractivity contribution is -0.0362. The van der Waals surface area contributed by atoms with E-state index in [0.717, 1.165) is 50.0 Å². The molecule has 2 unspecified atom stereocenters. The Morgan fingerprint density at radius 1 is 0.650 bits per heavy atom. The minimum atomic E-state index is -0.958. The maximum Gasteiger partial charge on any atom is 0.187 e. The van der Waals surface area contributed by atoms with Crippen LogP contribution in [0.5, 0.6) is 0 Å². The molecule has 2 atom stereocenters. The van der Waals surface area contributed by atoms with Crippen LogP contribution < -0.4 is 0 Å². The van der Waals surface area contributed by atoms with E-state index in [1.807, 2.05) is 0 Å². The number of hydrogen-bond acceptors (Lipinski definition) is 1. The summed E-state index contributed by atoms with van der Waals surface area (Å²) in [6.07, 6.45) is 23.7. The second kappa shape index (κ2) is 8.98. The van der Waals surface area contributed by atoms with E-state index >= 15 is 0 Å². The zero-order chi connectivity index (χ0) is 26.7. The van der Waals surface area contributed by atoms with Gasteiger partial charge in [0, 0.05) is 24.0 Å². The molecule has 0 fully saturated rings. The summed E-state index contributed by atoms with van der Waals surface area (Å²) in [7, 11) is 0. The van der Waals surface area contributed by atoms with E-state index < -0.39 is 5.60 Å². The fourth-order valence-electron chi connectivity index (χ4n) is 8.00. The summed E-state index contributed by atoms with van der Waals surface area (Å²) in [5.74, 6) is 1.16. The molecule has 1 nitrogen and oxygen atoms in total. The first-order valence-corrected chi connectivity index (χ1v) is 14.7. The van der Waals surface area contributed by atoms with Gasteiger partial charge in [-0.15, -0.1) is 0 Å². The van der Waals surface area contributed by atoms with Crippen LogP contribution >= 0.6 is 0 Å². The molecule has 0 radical (unpaired) electrons. The predicted molar refractivity (Wildman–Crippen MR) is 164 cm³/mol. The summed E-state index contributed by atoms with van der Waals surface area (Å²) in [5.41, 5.74) is 12.2. The van der Waals surface area contributed by atoms with Crippen molar-refractivity contribution in [1.82, 2.24) is 0 Å². The third kappa shape index (κ3) is 3.34. The monoisotopic (exact) mass is 517 g/mol. The fourth-order valence-corrected chi connectivity index (χ4v) is 8.00. The molecule has 0 bridgehead atoms. The highest BCUT2D eigenvalue weighted by Gasteiger charge is 2.62. The van der Waals surface area contributed by atoms with E-state index in [-0.39, 0.29) is 5.41 Å². The molecule has 0 heterocycles. The first-order valence-electron chi connectivity index (χ1n) is 14.7. The van der Waals surface area contributed by atoms with Crippen LogP contribution in [0.2, 0.25) is 0 Å². The van der Waals surface area contributed by atoms with E-state index in [4.69, 9.17) is 0 Å². The van der Waals surface area contributed by atoms with Gasteiger partial charge in [-0.3, -0.25) is 0 Å². The molecule has 8 rings (SSSR count). The molecule has 1 N–H and O–H groups in total. The molecular formula is C39H33O+. The predicted octanol–water partition coefficient (Wildman–Crippen LogP) is 8.99. The molecule has 0 saturated carbocycles. The van der Waals surface area contributed by atoms with Crippen molar-refractivity contribution in [2.75, 3.05) is 0 Å². The Kier molecular flexibility index (Phi) is 5.34. The Hall–Kier alpha value is -4.07. The topological polar surface area (TPSA) is 20.2 Å². The van der Waals surface area contributed by atoms with Crippen LogP contribution in [0.1, 0.15) is 54.4 Å². The van der Waals surface area contributed by atoms with Crippen LogP contribution in [0.15, 0.2) is 138 Å². The highest BCUT2D eigenvalue weighted by molar-refractivity contribution is 6.02. The molecule has 3 aromatic rings. The second-order valence-corrected chi connectivity index (χ2v) is 11.9. The number of aliphatic hydroxyl groups is 1. The van der Waals surface area contributed by atoms with E-state index in [1.54, 1.807) is 0 Å². The van der Waals surface area contributed by atoms with E-state index in [0.29, 0.717) is 0 Å². The van der Waals surface area contributed by atoms with Crippen molar-refractivity contribution < 1.29 is 5.11 Å². The Morgan fingerprint density at radius 3 is 1.95 bits per heavy atom. The standard InChI is InChI=1S/C39H33O/c40-39(36-15-7-2-10-30(36)26-38(39)24-8-1-9-25-38)31-22-20-28(21-23-31)27-16-18-29(19-17-27)37-34-13-5-3-11-32(34)33-12-4-6-14-35(33)37/h1-16,18,20,22,24,40H,17,19,21,23,25-26H2/q+1. The number of allylic oxidation sites excluding steroid dienone is 9. The lowest BCUT2D eigenvalue weighted by Gasteiger charge is -2.42. The van der Waals surface area contributed by atoms with E-state index in [2.05, 4.69) is 121 Å². The molecule has 0 amide bonds. The Balaban J connectivity index is 1.12. The van der Waals surface area contributed by atoms with Crippen molar-refractivity contribution in [3.8, 4) is 11.1 Å². The first kappa shape index (κ1) is 23.8. The number of fused-ring (bicyclic) bond motifs is 4. The van der Waals surface area contributed by atoms with Crippen LogP contribution in [-0.2, 0) is 12.0 Å². The largest absolute Gasteiger partial charge is 0.363 e. The van der Waals surface area contributed by atoms with Gasteiger partial charge in [0.25, 0.3) is 0 Å². The molecular weight excluding hydrogens is 484 g/mol. The second-order valence-electron chi connectivity index (χ2n) is 11.9. The normalized spacial score (nSPS) is 27.9.